The molecule has 43 heteroatoms. The van der Waals surface area contributed by atoms with Gasteiger partial charge in [-0.15, -0.1) is 0 Å². The fourth-order valence-electron chi connectivity index (χ4n) is 19.5. The van der Waals surface area contributed by atoms with Crippen molar-refractivity contribution in [2.75, 3.05) is 151 Å². The third kappa shape index (κ3) is 26.4. The van der Waals surface area contributed by atoms with Crippen molar-refractivity contribution in [2.24, 2.45) is 35.5 Å². The summed E-state index contributed by atoms with van der Waals surface area (Å²) in [4.78, 5) is 140. The summed E-state index contributed by atoms with van der Waals surface area (Å²) in [5.41, 5.74) is 6.88. The van der Waals surface area contributed by atoms with Gasteiger partial charge >= 0.3 is 24.0 Å². The molecule has 42 nitrogen and oxygen atoms in total. The van der Waals surface area contributed by atoms with E-state index >= 15 is 0 Å². The van der Waals surface area contributed by atoms with Crippen LogP contribution in [0.2, 0.25) is 0 Å². The van der Waals surface area contributed by atoms with Gasteiger partial charge in [-0.1, -0.05) is 13.8 Å². The number of aliphatic hydroxyl groups is 2. The topological polar surface area (TPSA) is 534 Å². The standard InChI is InChI=1S/C27H33N7O3.C26H31N7O4.C26H36N6O4.C24H32N6O5S/c1-16(27(2,3)36)11-22(35)24-31-25(33-26(32-24)37-15-19-12-18(19)13-28)34-9-6-17(7-10-34)21-14-30-23-20(21)5-4-8-29-23;34-24(29-21-19-13-35-14-20(19)21)23-30-25(32-26(31-23)37-12-16-3-2-10-36-16)33-8-5-15(6-9-33)18-11-28-22-17(18)4-1-7-27-22;1-16(26(3,4)34)13-21(33)23-29-24(31-25(30-23)36-17(2)15-35-5)32-11-8-18(9-12-32)20-14-28-22-19(20)7-6-10-27-22;1-16(15-34-2)35-24-28-20(23(31)26-9-12-36(3,32)33)13-21(29-24)30-10-6-17(7-11-30)19-14-27-22-18(19)5-4-8-25-22/h4-5,8,14,16-19,36H,6-7,9-12,15H2,1-3H3,(H,29,30);1,4,7,11,15-16,19-21H,2-3,5-6,8-10,12-14H2,(H,27,28)(H,29,34);6-7,10,14,16-18,34H,8-9,11-13,15H2,1-5H3,(H,27,28);4-5,8,13-14,16-17H,6-7,9-12,15H2,1-3H3,(H,25,27)(H,26,31)/t16-,18-,19+;16-,19-,20+,21?;16-,17+;16-/m0101/s1. The maximum Gasteiger partial charge on any atom is 0.322 e. The average molecular weight is 2020 g/mol. The first kappa shape index (κ1) is 104. The van der Waals surface area contributed by atoms with Crippen LogP contribution >= 0.6 is 0 Å². The van der Waals surface area contributed by atoms with Crippen molar-refractivity contribution in [1.82, 2.24) is 105 Å². The molecular formula is C103H132N26O16S. The van der Waals surface area contributed by atoms with Crippen molar-refractivity contribution < 1.29 is 75.7 Å². The first-order valence-corrected chi connectivity index (χ1v) is 52.7. The zero-order valence-electron chi connectivity index (χ0n) is 84.6. The van der Waals surface area contributed by atoms with Gasteiger partial charge in [0.1, 0.15) is 62.8 Å². The number of aromatic nitrogens is 19. The van der Waals surface area contributed by atoms with Gasteiger partial charge in [0, 0.05) is 200 Å². The molecule has 10 atom stereocenters. The van der Waals surface area contributed by atoms with Gasteiger partial charge in [0.25, 0.3) is 11.8 Å². The van der Waals surface area contributed by atoms with Crippen LogP contribution in [0.25, 0.3) is 44.1 Å². The molecule has 6 aliphatic heterocycles. The number of nitrogens with one attached hydrogen (secondary N) is 6. The Morgan fingerprint density at radius 2 is 0.918 bits per heavy atom. The van der Waals surface area contributed by atoms with Crippen LogP contribution in [0, 0.1) is 46.8 Å². The van der Waals surface area contributed by atoms with E-state index in [0.717, 1.165) is 175 Å². The number of sulfone groups is 1. The molecule has 12 aromatic heterocycles. The van der Waals surface area contributed by atoms with E-state index in [-0.39, 0.29) is 138 Å². The molecule has 18 heterocycles. The molecule has 776 valence electrons. The molecule has 0 bridgehead atoms. The number of hydrogen-bond donors (Lipinski definition) is 8. The van der Waals surface area contributed by atoms with Crippen LogP contribution in [0.5, 0.6) is 24.0 Å². The lowest BCUT2D eigenvalue weighted by Crippen LogP contribution is -2.36. The van der Waals surface area contributed by atoms with E-state index in [0.29, 0.717) is 98.8 Å². The van der Waals surface area contributed by atoms with E-state index in [1.807, 2.05) is 64.4 Å². The lowest BCUT2D eigenvalue weighted by molar-refractivity contribution is 0.0210. The van der Waals surface area contributed by atoms with E-state index < -0.39 is 26.9 Å². The summed E-state index contributed by atoms with van der Waals surface area (Å²) < 4.78 is 67.6. The molecule has 6 saturated heterocycles. The molecule has 0 aromatic carbocycles. The average Bonchev–Trinajstić information content (AvgIpc) is 1.59. The first-order valence-electron chi connectivity index (χ1n) is 50.6. The highest BCUT2D eigenvalue weighted by Gasteiger charge is 2.55. The number of piperidine rings is 4. The Hall–Kier alpha value is -13.3. The summed E-state index contributed by atoms with van der Waals surface area (Å²) in [6.07, 6.45) is 26.4. The van der Waals surface area contributed by atoms with Crippen LogP contribution < -0.4 is 49.2 Å². The number of fused-ring (bicyclic) bond motifs is 5. The van der Waals surface area contributed by atoms with Crippen LogP contribution in [-0.2, 0) is 28.8 Å². The van der Waals surface area contributed by atoms with Gasteiger partial charge in [-0.3, -0.25) is 19.2 Å². The number of H-pyrrole nitrogens is 4. The maximum atomic E-state index is 13.1. The number of nitrogens with zero attached hydrogens (tertiary/aromatic N) is 20. The van der Waals surface area contributed by atoms with E-state index in [1.54, 1.807) is 66.6 Å². The molecule has 2 aliphatic carbocycles. The zero-order chi connectivity index (χ0) is 103. The number of nitriles is 1. The van der Waals surface area contributed by atoms with Gasteiger partial charge in [0.15, 0.2) is 0 Å². The number of hydrogen-bond acceptors (Lipinski definition) is 36. The number of ketones is 2. The first-order chi connectivity index (χ1) is 70.3. The molecule has 0 radical (unpaired) electrons. The summed E-state index contributed by atoms with van der Waals surface area (Å²) >= 11 is 0. The van der Waals surface area contributed by atoms with Crippen molar-refractivity contribution in [3.8, 4) is 30.1 Å². The van der Waals surface area contributed by atoms with Gasteiger partial charge in [-0.2, -0.15) is 60.1 Å². The molecule has 20 rings (SSSR count). The second kappa shape index (κ2) is 46.6. The molecule has 1 unspecified atom stereocenters. The fraction of sp³-hybridized carbons (Fsp3) is 0.553. The summed E-state index contributed by atoms with van der Waals surface area (Å²) in [7, 11) is -0.0240. The van der Waals surface area contributed by atoms with Crippen LogP contribution in [0.3, 0.4) is 0 Å². The number of ether oxygens (including phenoxy) is 8. The highest BCUT2D eigenvalue weighted by molar-refractivity contribution is 7.90. The summed E-state index contributed by atoms with van der Waals surface area (Å²) in [6.45, 7) is 23.7. The number of pyridine rings is 4. The maximum absolute atomic E-state index is 13.1. The van der Waals surface area contributed by atoms with Gasteiger partial charge in [-0.25, -0.2) is 28.4 Å². The predicted molar refractivity (Wildman–Crippen MR) is 544 cm³/mol. The van der Waals surface area contributed by atoms with Crippen molar-refractivity contribution in [3.63, 3.8) is 0 Å². The molecule has 2 amide bonds. The number of methoxy groups -OCH3 is 2. The molecule has 0 spiro atoms. The largest absolute Gasteiger partial charge is 0.463 e. The zero-order valence-corrected chi connectivity index (χ0v) is 85.4. The van der Waals surface area contributed by atoms with E-state index in [2.05, 4.69) is 174 Å². The van der Waals surface area contributed by atoms with Gasteiger partial charge in [0.05, 0.1) is 68.1 Å². The molecule has 2 saturated carbocycles. The third-order valence-electron chi connectivity index (χ3n) is 29.0. The Labute approximate surface area is 847 Å². The SMILES string of the molecule is COC[C@@H](C)Oc1nc(C(=O)C[C@H](C)C(C)(C)O)nc(N2CCC(c3c[nH]c4ncccc34)CC2)n1.COC[C@@H](C)Oc1nc(C(=O)NCCS(C)(=O)=O)cc(N2CCC(c3c[nH]c4ncccc34)CC2)n1.C[C@@H](CC(=O)c1nc(OC[C@H]2C[C@H]2C#N)nc(N2CCC(c3c[nH]c4ncccc34)CC2)n1)C(C)(C)O.O=C(NC1[C@H]2COC[C@@H]12)c1nc(OC[C@H]2CCCO2)nc(N2CCC(c3c[nH]c4ncccc34)CC2)n1. The number of amides is 2. The number of Topliss-reactive ketones (excluding diaryl/α,β-unsaturated/α-hetero) is 2. The summed E-state index contributed by atoms with van der Waals surface area (Å²) in [5, 5.41) is 40.0. The van der Waals surface area contributed by atoms with Crippen molar-refractivity contribution in [2.45, 2.75) is 198 Å². The molecule has 12 aromatic rings. The Morgan fingerprint density at radius 1 is 0.521 bits per heavy atom. The normalized spacial score (nSPS) is 20.3. The monoisotopic (exact) mass is 2020 g/mol. The fourth-order valence-corrected chi connectivity index (χ4v) is 20.0. The third-order valence-corrected chi connectivity index (χ3v) is 30.0. The van der Waals surface area contributed by atoms with Gasteiger partial charge < -0.3 is 98.3 Å². The van der Waals surface area contributed by atoms with Gasteiger partial charge in [0.2, 0.25) is 46.9 Å². The van der Waals surface area contributed by atoms with Crippen molar-refractivity contribution in [1.29, 1.82) is 5.26 Å². The minimum atomic E-state index is -3.20. The number of carbonyl (C=O) groups is 4. The van der Waals surface area contributed by atoms with Crippen LogP contribution in [0.1, 0.15) is 227 Å². The smallest absolute Gasteiger partial charge is 0.322 e. The van der Waals surface area contributed by atoms with Gasteiger partial charge in [-0.05, 0) is 218 Å². The highest BCUT2D eigenvalue weighted by atomic mass is 32.2. The quantitative estimate of drug-likeness (QED) is 0.0169. The van der Waals surface area contributed by atoms with Crippen LogP contribution in [-0.4, -0.2) is 304 Å². The van der Waals surface area contributed by atoms with Crippen molar-refractivity contribution in [3.05, 3.63) is 150 Å². The lowest BCUT2D eigenvalue weighted by Gasteiger charge is -2.33. The Balaban J connectivity index is 0.000000133. The minimum absolute atomic E-state index is 0.00184. The number of carbonyl (C=O) groups excluding carboxylic acids is 4. The molecule has 146 heavy (non-hydrogen) atoms. The second-order valence-electron chi connectivity index (χ2n) is 40.6. The van der Waals surface area contributed by atoms with E-state index in [1.165, 1.54) is 27.6 Å². The summed E-state index contributed by atoms with van der Waals surface area (Å²) in [5.74, 6) is 2.76. The Bertz CT molecular complexity index is 6660. The van der Waals surface area contributed by atoms with Crippen LogP contribution in [0.15, 0.2) is 104 Å². The second-order valence-corrected chi connectivity index (χ2v) is 42.9. The summed E-state index contributed by atoms with van der Waals surface area (Å²) in [6, 6.07) is 20.7. The Kier molecular flexibility index (Phi) is 33.3. The number of rotatable bonds is 36. The number of aromatic amines is 4. The molecule has 8 fully saturated rings. The Morgan fingerprint density at radius 3 is 1.32 bits per heavy atom. The molecule has 8 aliphatic rings. The minimum Gasteiger partial charge on any atom is -0.463 e. The van der Waals surface area contributed by atoms with E-state index in [9.17, 15) is 37.8 Å². The number of anilines is 4. The lowest BCUT2D eigenvalue weighted by atomic mass is 9.88. The van der Waals surface area contributed by atoms with E-state index in [4.69, 9.17) is 43.2 Å². The van der Waals surface area contributed by atoms with Crippen molar-refractivity contribution >= 4 is 101 Å². The van der Waals surface area contributed by atoms with Crippen LogP contribution in [0.4, 0.5) is 23.7 Å². The highest BCUT2D eigenvalue weighted by Crippen LogP contribution is 2.46. The molecular weight excluding hydrogens is 1890 g/mol. The molecule has 8 N–H and O–H groups in total. The predicted octanol–water partition coefficient (Wildman–Crippen LogP) is 11.2.